The fourth-order valence-corrected chi connectivity index (χ4v) is 2.93. The molecule has 0 aromatic heterocycles. The predicted molar refractivity (Wildman–Crippen MR) is 80.8 cm³/mol. The molecule has 1 aliphatic carbocycles. The summed E-state index contributed by atoms with van der Waals surface area (Å²) in [6, 6.07) is 5.13. The quantitative estimate of drug-likeness (QED) is 0.820. The zero-order valence-corrected chi connectivity index (χ0v) is 12.6. The highest BCUT2D eigenvalue weighted by molar-refractivity contribution is 6.39. The first-order valence-corrected chi connectivity index (χ1v) is 7.65. The first-order chi connectivity index (χ1) is 10.6. The van der Waals surface area contributed by atoms with Crippen molar-refractivity contribution in [1.82, 2.24) is 5.32 Å². The van der Waals surface area contributed by atoms with E-state index in [-0.39, 0.29) is 12.8 Å². The van der Waals surface area contributed by atoms with Gasteiger partial charge < -0.3 is 20.1 Å². The smallest absolute Gasteiger partial charge is 0.313 e. The molecule has 2 atom stereocenters. The second-order valence-corrected chi connectivity index (χ2v) is 5.86. The van der Waals surface area contributed by atoms with Crippen LogP contribution in [0.15, 0.2) is 18.2 Å². The van der Waals surface area contributed by atoms with Crippen molar-refractivity contribution >= 4 is 17.5 Å². The van der Waals surface area contributed by atoms with Crippen molar-refractivity contribution in [3.05, 3.63) is 18.2 Å². The van der Waals surface area contributed by atoms with Crippen LogP contribution in [0.5, 0.6) is 11.5 Å². The minimum Gasteiger partial charge on any atom is -0.454 e. The summed E-state index contributed by atoms with van der Waals surface area (Å²) >= 11 is 0. The Labute approximate surface area is 129 Å². The van der Waals surface area contributed by atoms with Crippen molar-refractivity contribution in [3.8, 4) is 11.5 Å². The molecule has 2 aliphatic rings. The van der Waals surface area contributed by atoms with Gasteiger partial charge in [-0.15, -0.1) is 0 Å². The van der Waals surface area contributed by atoms with Gasteiger partial charge in [-0.1, -0.05) is 19.8 Å². The largest absolute Gasteiger partial charge is 0.454 e. The van der Waals surface area contributed by atoms with Gasteiger partial charge in [0.2, 0.25) is 6.79 Å². The summed E-state index contributed by atoms with van der Waals surface area (Å²) in [7, 11) is 0. The SMILES string of the molecule is C[C@@H]1CCCC[C@@H]1NC(=O)C(=O)Nc1ccc2c(c1)OCO2. The summed E-state index contributed by atoms with van der Waals surface area (Å²) in [5.41, 5.74) is 0.515. The van der Waals surface area contributed by atoms with Gasteiger partial charge in [-0.2, -0.15) is 0 Å². The molecule has 3 rings (SSSR count). The lowest BCUT2D eigenvalue weighted by Gasteiger charge is -2.29. The Kier molecular flexibility index (Phi) is 4.18. The van der Waals surface area contributed by atoms with E-state index in [0.717, 1.165) is 19.3 Å². The van der Waals surface area contributed by atoms with Crippen LogP contribution in [0, 0.1) is 5.92 Å². The Balaban J connectivity index is 1.58. The molecular weight excluding hydrogens is 284 g/mol. The normalized spacial score (nSPS) is 23.0. The van der Waals surface area contributed by atoms with Gasteiger partial charge in [-0.05, 0) is 30.9 Å². The van der Waals surface area contributed by atoms with Crippen LogP contribution in [-0.4, -0.2) is 24.6 Å². The van der Waals surface area contributed by atoms with Crippen LogP contribution in [0.4, 0.5) is 5.69 Å². The van der Waals surface area contributed by atoms with E-state index >= 15 is 0 Å². The zero-order valence-electron chi connectivity index (χ0n) is 12.6. The van der Waals surface area contributed by atoms with Crippen molar-refractivity contribution < 1.29 is 19.1 Å². The molecule has 22 heavy (non-hydrogen) atoms. The van der Waals surface area contributed by atoms with E-state index < -0.39 is 11.8 Å². The summed E-state index contributed by atoms with van der Waals surface area (Å²) < 4.78 is 10.4. The molecule has 118 valence electrons. The van der Waals surface area contributed by atoms with Gasteiger partial charge in [0.05, 0.1) is 0 Å². The minimum atomic E-state index is -0.656. The molecule has 2 N–H and O–H groups in total. The number of carbonyl (C=O) groups excluding carboxylic acids is 2. The van der Waals surface area contributed by atoms with E-state index in [1.54, 1.807) is 18.2 Å². The number of amides is 2. The molecule has 1 aromatic rings. The minimum absolute atomic E-state index is 0.0868. The van der Waals surface area contributed by atoms with E-state index in [9.17, 15) is 9.59 Å². The molecule has 6 nitrogen and oxygen atoms in total. The van der Waals surface area contributed by atoms with Crippen LogP contribution in [0.3, 0.4) is 0 Å². The molecular formula is C16H20N2O4. The maximum Gasteiger partial charge on any atom is 0.313 e. The van der Waals surface area contributed by atoms with Crippen molar-refractivity contribution in [2.75, 3.05) is 12.1 Å². The molecule has 0 unspecified atom stereocenters. The standard InChI is InChI=1S/C16H20N2O4/c1-10-4-2-3-5-12(10)18-16(20)15(19)17-11-6-7-13-14(8-11)22-9-21-13/h6-8,10,12H,2-5,9H2,1H3,(H,17,19)(H,18,20)/t10-,12+/m1/s1. The number of nitrogens with one attached hydrogen (secondary N) is 2. The van der Waals surface area contributed by atoms with Crippen LogP contribution in [-0.2, 0) is 9.59 Å². The van der Waals surface area contributed by atoms with Gasteiger partial charge in [0.25, 0.3) is 0 Å². The van der Waals surface area contributed by atoms with Gasteiger partial charge >= 0.3 is 11.8 Å². The summed E-state index contributed by atoms with van der Waals surface area (Å²) in [5, 5.41) is 5.42. The number of hydrogen-bond donors (Lipinski definition) is 2. The van der Waals surface area contributed by atoms with Crippen molar-refractivity contribution in [3.63, 3.8) is 0 Å². The highest BCUT2D eigenvalue weighted by Gasteiger charge is 2.25. The highest BCUT2D eigenvalue weighted by atomic mass is 16.7. The summed E-state index contributed by atoms with van der Waals surface area (Å²) in [5.74, 6) is 0.377. The second kappa shape index (κ2) is 6.25. The molecule has 1 fully saturated rings. The number of fused-ring (bicyclic) bond motifs is 1. The second-order valence-electron chi connectivity index (χ2n) is 5.86. The van der Waals surface area contributed by atoms with E-state index in [1.807, 2.05) is 0 Å². The van der Waals surface area contributed by atoms with E-state index in [0.29, 0.717) is 23.1 Å². The Bertz CT molecular complexity index is 588. The molecule has 1 aromatic carbocycles. The number of carbonyl (C=O) groups is 2. The fourth-order valence-electron chi connectivity index (χ4n) is 2.93. The summed E-state index contributed by atoms with van der Waals surface area (Å²) in [4.78, 5) is 24.0. The van der Waals surface area contributed by atoms with Gasteiger partial charge in [-0.25, -0.2) is 0 Å². The first-order valence-electron chi connectivity index (χ1n) is 7.65. The number of hydrogen-bond acceptors (Lipinski definition) is 4. The average Bonchev–Trinajstić information content (AvgIpc) is 2.97. The third-order valence-corrected chi connectivity index (χ3v) is 4.26. The number of anilines is 1. The van der Waals surface area contributed by atoms with Crippen LogP contribution < -0.4 is 20.1 Å². The van der Waals surface area contributed by atoms with Gasteiger partial charge in [-0.3, -0.25) is 9.59 Å². The lowest BCUT2D eigenvalue weighted by Crippen LogP contribution is -2.45. The van der Waals surface area contributed by atoms with Crippen LogP contribution in [0.1, 0.15) is 32.6 Å². The average molecular weight is 304 g/mol. The van der Waals surface area contributed by atoms with E-state index in [4.69, 9.17) is 9.47 Å². The molecule has 1 saturated carbocycles. The zero-order chi connectivity index (χ0) is 15.5. The number of rotatable bonds is 2. The summed E-state index contributed by atoms with van der Waals surface area (Å²) in [6.07, 6.45) is 4.31. The topological polar surface area (TPSA) is 76.7 Å². The first kappa shape index (κ1) is 14.7. The van der Waals surface area contributed by atoms with E-state index in [2.05, 4.69) is 17.6 Å². The third-order valence-electron chi connectivity index (χ3n) is 4.26. The Morgan fingerprint density at radius 2 is 1.86 bits per heavy atom. The fraction of sp³-hybridized carbons (Fsp3) is 0.500. The Morgan fingerprint density at radius 3 is 2.68 bits per heavy atom. The van der Waals surface area contributed by atoms with Crippen molar-refractivity contribution in [2.24, 2.45) is 5.92 Å². The monoisotopic (exact) mass is 304 g/mol. The third kappa shape index (κ3) is 3.16. The van der Waals surface area contributed by atoms with Crippen molar-refractivity contribution in [2.45, 2.75) is 38.6 Å². The number of benzene rings is 1. The maximum absolute atomic E-state index is 12.0. The molecule has 1 heterocycles. The van der Waals surface area contributed by atoms with Gasteiger partial charge in [0, 0.05) is 17.8 Å². The molecule has 0 spiro atoms. The van der Waals surface area contributed by atoms with Crippen molar-refractivity contribution in [1.29, 1.82) is 0 Å². The molecule has 1 aliphatic heterocycles. The summed E-state index contributed by atoms with van der Waals surface area (Å²) in [6.45, 7) is 2.28. The van der Waals surface area contributed by atoms with Crippen LogP contribution in [0.25, 0.3) is 0 Å². The lowest BCUT2D eigenvalue weighted by atomic mass is 9.86. The molecule has 2 amide bonds. The van der Waals surface area contributed by atoms with E-state index in [1.165, 1.54) is 6.42 Å². The lowest BCUT2D eigenvalue weighted by molar-refractivity contribution is -0.137. The maximum atomic E-state index is 12.0. The van der Waals surface area contributed by atoms with Gasteiger partial charge in [0.1, 0.15) is 0 Å². The molecule has 0 saturated heterocycles. The molecule has 6 heteroatoms. The van der Waals surface area contributed by atoms with Crippen LogP contribution in [0.2, 0.25) is 0 Å². The predicted octanol–water partition coefficient (Wildman–Crippen LogP) is 2.05. The Morgan fingerprint density at radius 1 is 1.09 bits per heavy atom. The molecule has 0 bridgehead atoms. The van der Waals surface area contributed by atoms with Crippen LogP contribution >= 0.6 is 0 Å². The highest BCUT2D eigenvalue weighted by Crippen LogP contribution is 2.34. The van der Waals surface area contributed by atoms with Gasteiger partial charge in [0.15, 0.2) is 11.5 Å². The Hall–Kier alpha value is -2.24. The number of ether oxygens (including phenoxy) is 2. The molecule has 0 radical (unpaired) electrons.